The number of carbonyl (C=O) groups excluding carboxylic acids is 2. The fourth-order valence-corrected chi connectivity index (χ4v) is 3.51. The molecule has 2 aromatic heterocycles. The van der Waals surface area contributed by atoms with Crippen molar-refractivity contribution in [2.45, 2.75) is 33.9 Å². The number of nitrogens with two attached hydrogens (primary N) is 1. The van der Waals surface area contributed by atoms with Crippen molar-refractivity contribution >= 4 is 23.5 Å². The number of amides is 1. The normalized spacial score (nSPS) is 11.0. The number of aromatic nitrogens is 3. The van der Waals surface area contributed by atoms with Crippen LogP contribution in [0.15, 0.2) is 59.5 Å². The molecule has 206 valence electrons. The molecule has 1 atom stereocenters. The largest absolute Gasteiger partial charge is 0.477 e. The van der Waals surface area contributed by atoms with Gasteiger partial charge in [0, 0.05) is 18.8 Å². The molecule has 5 N–H and O–H groups in total. The molecule has 0 radical (unpaired) electrons. The Hall–Kier alpha value is -4.84. The Morgan fingerprint density at radius 1 is 1.18 bits per heavy atom. The maximum atomic E-state index is 12.6. The molecule has 2 aromatic carbocycles. The summed E-state index contributed by atoms with van der Waals surface area (Å²) in [5.74, 6) is -2.61. The highest BCUT2D eigenvalue weighted by Gasteiger charge is 2.19. The highest BCUT2D eigenvalue weighted by atomic mass is 19.1. The van der Waals surface area contributed by atoms with Crippen LogP contribution in [0, 0.1) is 12.7 Å². The number of carboxylic acid groups (broad SMARTS) is 1. The first-order chi connectivity index (χ1) is 18.0. The Bertz CT molecular complexity index is 1540. The third-order valence-electron chi connectivity index (χ3n) is 5.60. The van der Waals surface area contributed by atoms with E-state index in [1.165, 1.54) is 19.4 Å². The Labute approximate surface area is 223 Å². The van der Waals surface area contributed by atoms with Crippen LogP contribution in [0.3, 0.4) is 0 Å². The number of esters is 1. The first kappa shape index (κ1) is 30.4. The molecule has 0 spiro atoms. The maximum Gasteiger partial charge on any atom is 0.353 e. The molecule has 0 saturated carbocycles. The van der Waals surface area contributed by atoms with Gasteiger partial charge < -0.3 is 25.9 Å². The molecule has 0 aliphatic carbocycles. The number of nitrogens with zero attached hydrogens (tertiary/aromatic N) is 2. The number of fused-ring (bicyclic) bond motifs is 1. The molecule has 0 bridgehead atoms. The minimum Gasteiger partial charge on any atom is -0.477 e. The Kier molecular flexibility index (Phi) is 10.2. The zero-order valence-electron chi connectivity index (χ0n) is 20.8. The van der Waals surface area contributed by atoms with Crippen LogP contribution in [0.25, 0.3) is 5.65 Å². The fraction of sp³-hybridized carbons (Fsp3) is 0.222. The Balaban J connectivity index is 0.000000410. The molecule has 0 unspecified atom stereocenters. The van der Waals surface area contributed by atoms with Crippen molar-refractivity contribution in [3.05, 3.63) is 105 Å². The topological polar surface area (TPSA) is 169 Å². The highest BCUT2D eigenvalue weighted by Crippen LogP contribution is 2.15. The van der Waals surface area contributed by atoms with Crippen molar-refractivity contribution < 1.29 is 28.6 Å². The van der Waals surface area contributed by atoms with Crippen molar-refractivity contribution in [1.82, 2.24) is 19.7 Å². The van der Waals surface area contributed by atoms with E-state index in [1.807, 2.05) is 0 Å². The minimum absolute atomic E-state index is 0. The lowest BCUT2D eigenvalue weighted by molar-refractivity contribution is 0.0599. The zero-order valence-corrected chi connectivity index (χ0v) is 20.8. The minimum atomic E-state index is -1.37. The first-order valence-corrected chi connectivity index (χ1v) is 11.3. The third-order valence-corrected chi connectivity index (χ3v) is 5.60. The highest BCUT2D eigenvalue weighted by molar-refractivity contribution is 5.96. The van der Waals surface area contributed by atoms with E-state index >= 15 is 0 Å². The van der Waals surface area contributed by atoms with E-state index in [-0.39, 0.29) is 30.3 Å². The van der Waals surface area contributed by atoms with Gasteiger partial charge in [0.25, 0.3) is 5.91 Å². The van der Waals surface area contributed by atoms with E-state index in [1.54, 1.807) is 50.2 Å². The second-order valence-corrected chi connectivity index (χ2v) is 8.22. The number of aryl methyl sites for hydroxylation is 1. The van der Waals surface area contributed by atoms with Gasteiger partial charge in [0.1, 0.15) is 17.2 Å². The standard InChI is InChI=1S/C18H16N4O6.C8H10FN.CH4/c1-9(10-3-5-11(6-4-10)17(26)28-2)20-15(23)12-7-13(16(24)25)22-14(21-12)8-19-18(22)27;1-6-4-7(5-10)2-3-8(6)9;/h3-9H,1-2H3,(H,19,27)(H,20,23)(H,24,25);2-4H,5,10H2,1H3;1H4/t9-;;/m1../s1. The van der Waals surface area contributed by atoms with Crippen molar-refractivity contribution in [1.29, 1.82) is 0 Å². The van der Waals surface area contributed by atoms with E-state index in [0.717, 1.165) is 21.6 Å². The SMILES string of the molecule is C.COC(=O)c1ccc([C@@H](C)NC(=O)c2cc(C(=O)O)n3c(=O)[nH]cc3n2)cc1.Cc1cc(CN)ccc1F. The number of benzene rings is 2. The molecule has 0 saturated heterocycles. The Morgan fingerprint density at radius 3 is 2.41 bits per heavy atom. The lowest BCUT2D eigenvalue weighted by Crippen LogP contribution is -2.29. The summed E-state index contributed by atoms with van der Waals surface area (Å²) in [7, 11) is 1.28. The number of rotatable bonds is 6. The quantitative estimate of drug-likeness (QED) is 0.271. The second kappa shape index (κ2) is 13.1. The number of hydrogen-bond donors (Lipinski definition) is 4. The number of aromatic carboxylic acids is 1. The monoisotopic (exact) mass is 539 g/mol. The average Bonchev–Trinajstić information content (AvgIpc) is 3.30. The molecule has 11 nitrogen and oxygen atoms in total. The van der Waals surface area contributed by atoms with Gasteiger partial charge in [-0.1, -0.05) is 31.7 Å². The summed E-state index contributed by atoms with van der Waals surface area (Å²) in [4.78, 5) is 53.5. The van der Waals surface area contributed by atoms with Crippen LogP contribution in [-0.2, 0) is 11.3 Å². The third kappa shape index (κ3) is 7.14. The van der Waals surface area contributed by atoms with E-state index in [0.29, 0.717) is 17.7 Å². The predicted octanol–water partition coefficient (Wildman–Crippen LogP) is 3.23. The number of hydrogen-bond acceptors (Lipinski definition) is 7. The van der Waals surface area contributed by atoms with Crippen LogP contribution in [0.5, 0.6) is 0 Å². The molecule has 39 heavy (non-hydrogen) atoms. The number of carboxylic acids is 1. The van der Waals surface area contributed by atoms with E-state index < -0.39 is 29.6 Å². The molecule has 12 heteroatoms. The number of ether oxygens (including phenoxy) is 1. The molecule has 0 fully saturated rings. The van der Waals surface area contributed by atoms with Crippen LogP contribution < -0.4 is 16.7 Å². The van der Waals surface area contributed by atoms with Gasteiger partial charge in [0.05, 0.1) is 18.7 Å². The Morgan fingerprint density at radius 2 is 1.85 bits per heavy atom. The van der Waals surface area contributed by atoms with Crippen LogP contribution in [-0.4, -0.2) is 44.4 Å². The average molecular weight is 540 g/mol. The lowest BCUT2D eigenvalue weighted by Gasteiger charge is -2.15. The van der Waals surface area contributed by atoms with Gasteiger partial charge >= 0.3 is 17.6 Å². The number of H-pyrrole nitrogens is 1. The number of nitrogens with one attached hydrogen (secondary N) is 2. The van der Waals surface area contributed by atoms with Gasteiger partial charge in [0.15, 0.2) is 5.65 Å². The lowest BCUT2D eigenvalue weighted by atomic mass is 10.1. The second-order valence-electron chi connectivity index (χ2n) is 8.22. The molecular weight excluding hydrogens is 509 g/mol. The molecular formula is C27H30FN5O6. The van der Waals surface area contributed by atoms with Gasteiger partial charge in [-0.25, -0.2) is 28.2 Å². The molecule has 4 aromatic rings. The predicted molar refractivity (Wildman–Crippen MR) is 142 cm³/mol. The molecule has 0 aliphatic heterocycles. The number of halogens is 1. The van der Waals surface area contributed by atoms with Gasteiger partial charge in [-0.2, -0.15) is 0 Å². The molecule has 0 aliphatic rings. The summed E-state index contributed by atoms with van der Waals surface area (Å²) in [5, 5.41) is 12.0. The van der Waals surface area contributed by atoms with Crippen molar-refractivity contribution in [3.63, 3.8) is 0 Å². The number of imidazole rings is 1. The smallest absolute Gasteiger partial charge is 0.353 e. The van der Waals surface area contributed by atoms with Crippen LogP contribution >= 0.6 is 0 Å². The first-order valence-electron chi connectivity index (χ1n) is 11.3. The summed E-state index contributed by atoms with van der Waals surface area (Å²) in [6, 6.07) is 12.0. The van der Waals surface area contributed by atoms with Crippen LogP contribution in [0.1, 0.15) is 68.4 Å². The van der Waals surface area contributed by atoms with Crippen molar-refractivity contribution in [2.24, 2.45) is 5.73 Å². The fourth-order valence-electron chi connectivity index (χ4n) is 3.51. The summed E-state index contributed by atoms with van der Waals surface area (Å²) < 4.78 is 18.1. The molecule has 2 heterocycles. The van der Waals surface area contributed by atoms with E-state index in [4.69, 9.17) is 5.73 Å². The summed E-state index contributed by atoms with van der Waals surface area (Å²) in [6.45, 7) is 3.93. The van der Waals surface area contributed by atoms with E-state index in [2.05, 4.69) is 20.0 Å². The van der Waals surface area contributed by atoms with Crippen LogP contribution in [0.4, 0.5) is 4.39 Å². The maximum absolute atomic E-state index is 12.6. The van der Waals surface area contributed by atoms with Crippen molar-refractivity contribution in [3.8, 4) is 0 Å². The molecule has 4 rings (SSSR count). The summed E-state index contributed by atoms with van der Waals surface area (Å²) >= 11 is 0. The van der Waals surface area contributed by atoms with Crippen molar-refractivity contribution in [2.75, 3.05) is 7.11 Å². The van der Waals surface area contributed by atoms with Gasteiger partial charge in [0.2, 0.25) is 0 Å². The van der Waals surface area contributed by atoms with E-state index in [9.17, 15) is 28.7 Å². The summed E-state index contributed by atoms with van der Waals surface area (Å²) in [6.07, 6.45) is 1.22. The van der Waals surface area contributed by atoms with Gasteiger partial charge in [-0.05, 0) is 48.7 Å². The van der Waals surface area contributed by atoms with Gasteiger partial charge in [-0.3, -0.25) is 4.79 Å². The summed E-state index contributed by atoms with van der Waals surface area (Å²) in [5.41, 5.74) is 6.90. The molecule has 1 amide bonds. The zero-order chi connectivity index (χ0) is 28.0. The van der Waals surface area contributed by atoms with Crippen LogP contribution in [0.2, 0.25) is 0 Å². The van der Waals surface area contributed by atoms with Gasteiger partial charge in [-0.15, -0.1) is 0 Å². The number of aromatic amines is 1. The number of methoxy groups -OCH3 is 1. The number of carbonyl (C=O) groups is 3.